The molecule has 2 heteroatoms. The van der Waals surface area contributed by atoms with Gasteiger partial charge in [0.15, 0.2) is 0 Å². The standard InChI is InChI=1S/C9H13NS/c1-6-3-9(7(2)11-6)8-4-10-5-8/h3,8,10H,4-5H2,1-2H3. The van der Waals surface area contributed by atoms with E-state index in [0.717, 1.165) is 5.92 Å². The normalized spacial score (nSPS) is 18.4. The minimum absolute atomic E-state index is 0.806. The molecule has 2 heterocycles. The first-order valence-electron chi connectivity index (χ1n) is 4.05. The van der Waals surface area contributed by atoms with Crippen LogP contribution in [0.25, 0.3) is 0 Å². The quantitative estimate of drug-likeness (QED) is 0.675. The van der Waals surface area contributed by atoms with Gasteiger partial charge in [0.05, 0.1) is 0 Å². The Bertz CT molecular complexity index is 261. The van der Waals surface area contributed by atoms with E-state index in [4.69, 9.17) is 0 Å². The monoisotopic (exact) mass is 167 g/mol. The van der Waals surface area contributed by atoms with Gasteiger partial charge in [-0.25, -0.2) is 0 Å². The van der Waals surface area contributed by atoms with E-state index < -0.39 is 0 Å². The Hall–Kier alpha value is -0.340. The van der Waals surface area contributed by atoms with Gasteiger partial charge in [-0.05, 0) is 25.5 Å². The molecule has 1 aromatic heterocycles. The predicted octanol–water partition coefficient (Wildman–Crippen LogP) is 2.05. The van der Waals surface area contributed by atoms with Gasteiger partial charge < -0.3 is 5.32 Å². The Balaban J connectivity index is 2.28. The van der Waals surface area contributed by atoms with Crippen molar-refractivity contribution in [3.05, 3.63) is 21.4 Å². The van der Waals surface area contributed by atoms with Gasteiger partial charge >= 0.3 is 0 Å². The Morgan fingerprint density at radius 2 is 2.18 bits per heavy atom. The summed E-state index contributed by atoms with van der Waals surface area (Å²) in [7, 11) is 0. The summed E-state index contributed by atoms with van der Waals surface area (Å²) in [6.45, 7) is 6.77. The maximum atomic E-state index is 3.30. The molecule has 1 fully saturated rings. The number of thiophene rings is 1. The molecule has 60 valence electrons. The first kappa shape index (κ1) is 7.32. The van der Waals surface area contributed by atoms with Crippen LogP contribution < -0.4 is 5.32 Å². The van der Waals surface area contributed by atoms with Gasteiger partial charge in [-0.15, -0.1) is 11.3 Å². The van der Waals surface area contributed by atoms with Crippen molar-refractivity contribution in [3.63, 3.8) is 0 Å². The minimum atomic E-state index is 0.806. The highest BCUT2D eigenvalue weighted by Gasteiger charge is 2.21. The number of aryl methyl sites for hydroxylation is 2. The molecule has 0 atom stereocenters. The highest BCUT2D eigenvalue weighted by Crippen LogP contribution is 2.29. The van der Waals surface area contributed by atoms with Crippen LogP contribution in [0.4, 0.5) is 0 Å². The number of hydrogen-bond acceptors (Lipinski definition) is 2. The molecule has 2 rings (SSSR count). The highest BCUT2D eigenvalue weighted by atomic mass is 32.1. The molecule has 0 amide bonds. The lowest BCUT2D eigenvalue weighted by atomic mass is 9.94. The Labute approximate surface area is 71.4 Å². The number of nitrogens with one attached hydrogen (secondary N) is 1. The van der Waals surface area contributed by atoms with Gasteiger partial charge in [0.25, 0.3) is 0 Å². The Morgan fingerprint density at radius 1 is 1.45 bits per heavy atom. The summed E-state index contributed by atoms with van der Waals surface area (Å²) < 4.78 is 0. The average Bonchev–Trinajstić information content (AvgIpc) is 2.07. The van der Waals surface area contributed by atoms with Crippen LogP contribution in [0.2, 0.25) is 0 Å². The molecular formula is C9H13NS. The molecule has 1 aliphatic rings. The van der Waals surface area contributed by atoms with Crippen LogP contribution in [0.3, 0.4) is 0 Å². The second-order valence-electron chi connectivity index (χ2n) is 3.22. The van der Waals surface area contributed by atoms with Gasteiger partial charge in [0.2, 0.25) is 0 Å². The molecular weight excluding hydrogens is 154 g/mol. The molecule has 0 spiro atoms. The molecule has 1 aromatic rings. The topological polar surface area (TPSA) is 12.0 Å². The van der Waals surface area contributed by atoms with Gasteiger partial charge in [-0.3, -0.25) is 0 Å². The summed E-state index contributed by atoms with van der Waals surface area (Å²) in [6.07, 6.45) is 0. The number of hydrogen-bond donors (Lipinski definition) is 1. The van der Waals surface area contributed by atoms with Gasteiger partial charge in [-0.2, -0.15) is 0 Å². The summed E-state index contributed by atoms with van der Waals surface area (Å²) in [5.41, 5.74) is 1.58. The Morgan fingerprint density at radius 3 is 2.55 bits per heavy atom. The SMILES string of the molecule is Cc1cc(C2CNC2)c(C)s1. The molecule has 1 nitrogen and oxygen atoms in total. The maximum Gasteiger partial charge on any atom is 0.00995 e. The summed E-state index contributed by atoms with van der Waals surface area (Å²) in [6, 6.07) is 2.34. The largest absolute Gasteiger partial charge is 0.315 e. The van der Waals surface area contributed by atoms with Gasteiger partial charge in [0, 0.05) is 28.8 Å². The fraction of sp³-hybridized carbons (Fsp3) is 0.556. The van der Waals surface area contributed by atoms with Crippen molar-refractivity contribution < 1.29 is 0 Å². The van der Waals surface area contributed by atoms with Crippen molar-refractivity contribution in [3.8, 4) is 0 Å². The van der Waals surface area contributed by atoms with E-state index in [9.17, 15) is 0 Å². The molecule has 0 aliphatic carbocycles. The third-order valence-electron chi connectivity index (χ3n) is 2.30. The second-order valence-corrected chi connectivity index (χ2v) is 4.68. The molecule has 0 unspecified atom stereocenters. The summed E-state index contributed by atoms with van der Waals surface area (Å²) in [5.74, 6) is 0.806. The zero-order valence-electron chi connectivity index (χ0n) is 6.98. The van der Waals surface area contributed by atoms with Crippen LogP contribution in [0, 0.1) is 13.8 Å². The lowest BCUT2D eigenvalue weighted by Crippen LogP contribution is -2.39. The lowest BCUT2D eigenvalue weighted by molar-refractivity contribution is 0.448. The maximum absolute atomic E-state index is 3.30. The average molecular weight is 167 g/mol. The van der Waals surface area contributed by atoms with Crippen molar-refractivity contribution in [2.45, 2.75) is 19.8 Å². The van der Waals surface area contributed by atoms with E-state index in [1.54, 1.807) is 5.56 Å². The second kappa shape index (κ2) is 2.61. The van der Waals surface area contributed by atoms with Crippen LogP contribution in [0.1, 0.15) is 21.2 Å². The molecule has 0 bridgehead atoms. The third kappa shape index (κ3) is 1.21. The van der Waals surface area contributed by atoms with Crippen molar-refractivity contribution in [2.24, 2.45) is 0 Å². The van der Waals surface area contributed by atoms with Crippen LogP contribution >= 0.6 is 11.3 Å². The zero-order chi connectivity index (χ0) is 7.84. The van der Waals surface area contributed by atoms with Crippen molar-refractivity contribution >= 4 is 11.3 Å². The van der Waals surface area contributed by atoms with E-state index in [0.29, 0.717) is 0 Å². The van der Waals surface area contributed by atoms with Crippen molar-refractivity contribution in [1.29, 1.82) is 0 Å². The molecule has 1 N–H and O–H groups in total. The van der Waals surface area contributed by atoms with Crippen LogP contribution in [0.5, 0.6) is 0 Å². The van der Waals surface area contributed by atoms with Crippen molar-refractivity contribution in [1.82, 2.24) is 5.32 Å². The smallest absolute Gasteiger partial charge is 0.00995 e. The summed E-state index contributed by atoms with van der Waals surface area (Å²) in [5, 5.41) is 3.30. The Kier molecular flexibility index (Phi) is 1.74. The highest BCUT2D eigenvalue weighted by molar-refractivity contribution is 7.12. The molecule has 0 aromatic carbocycles. The predicted molar refractivity (Wildman–Crippen MR) is 49.4 cm³/mol. The zero-order valence-corrected chi connectivity index (χ0v) is 7.79. The van der Waals surface area contributed by atoms with Crippen LogP contribution in [-0.2, 0) is 0 Å². The lowest BCUT2D eigenvalue weighted by Gasteiger charge is -2.27. The van der Waals surface area contributed by atoms with Crippen LogP contribution in [-0.4, -0.2) is 13.1 Å². The minimum Gasteiger partial charge on any atom is -0.315 e. The first-order chi connectivity index (χ1) is 5.27. The summed E-state index contributed by atoms with van der Waals surface area (Å²) in [4.78, 5) is 2.96. The van der Waals surface area contributed by atoms with E-state index >= 15 is 0 Å². The fourth-order valence-electron chi connectivity index (χ4n) is 1.56. The fourth-order valence-corrected chi connectivity index (χ4v) is 2.58. The van der Waals surface area contributed by atoms with E-state index in [1.165, 1.54) is 22.8 Å². The van der Waals surface area contributed by atoms with Gasteiger partial charge in [-0.1, -0.05) is 0 Å². The number of rotatable bonds is 1. The van der Waals surface area contributed by atoms with Gasteiger partial charge in [0.1, 0.15) is 0 Å². The molecule has 0 radical (unpaired) electrons. The molecule has 1 saturated heterocycles. The first-order valence-corrected chi connectivity index (χ1v) is 4.86. The molecule has 1 aliphatic heterocycles. The van der Waals surface area contributed by atoms with E-state index in [-0.39, 0.29) is 0 Å². The van der Waals surface area contributed by atoms with E-state index in [2.05, 4.69) is 25.2 Å². The molecule has 0 saturated carbocycles. The molecule has 11 heavy (non-hydrogen) atoms. The van der Waals surface area contributed by atoms with E-state index in [1.807, 2.05) is 11.3 Å². The summed E-state index contributed by atoms with van der Waals surface area (Å²) >= 11 is 1.92. The third-order valence-corrected chi connectivity index (χ3v) is 3.28. The van der Waals surface area contributed by atoms with Crippen LogP contribution in [0.15, 0.2) is 6.07 Å². The van der Waals surface area contributed by atoms with Crippen molar-refractivity contribution in [2.75, 3.05) is 13.1 Å².